The molecule has 0 aliphatic carbocycles. The molecule has 0 radical (unpaired) electrons. The summed E-state index contributed by atoms with van der Waals surface area (Å²) in [5, 5.41) is 4.31. The fourth-order valence-corrected chi connectivity index (χ4v) is 6.01. The summed E-state index contributed by atoms with van der Waals surface area (Å²) in [5.74, 6) is -0.0975. The van der Waals surface area contributed by atoms with Crippen molar-refractivity contribution in [2.75, 3.05) is 26.2 Å². The van der Waals surface area contributed by atoms with Crippen LogP contribution in [0, 0.1) is 0 Å². The summed E-state index contributed by atoms with van der Waals surface area (Å²) in [5.41, 5.74) is 7.34. The molecule has 9 heteroatoms. The van der Waals surface area contributed by atoms with E-state index >= 15 is 0 Å². The highest BCUT2D eigenvalue weighted by Gasteiger charge is 2.30. The Morgan fingerprint density at radius 2 is 1.46 bits per heavy atom. The van der Waals surface area contributed by atoms with Crippen LogP contribution in [-0.4, -0.2) is 49.7 Å². The third kappa shape index (κ3) is 5.01. The van der Waals surface area contributed by atoms with Crippen LogP contribution in [0.4, 0.5) is 0 Å². The van der Waals surface area contributed by atoms with Gasteiger partial charge in [0.2, 0.25) is 10.0 Å². The first kappa shape index (κ1) is 25.4. The van der Waals surface area contributed by atoms with E-state index in [4.69, 9.17) is 17.3 Å². The molecule has 0 spiro atoms. The third-order valence-electron chi connectivity index (χ3n) is 6.32. The number of nitrogens with zero attached hydrogens (tertiary/aromatic N) is 2. The summed E-state index contributed by atoms with van der Waals surface area (Å²) in [6.45, 7) is 1.61. The van der Waals surface area contributed by atoms with Crippen LogP contribution in [0.15, 0.2) is 77.7 Å². The molecule has 1 fully saturated rings. The van der Waals surface area contributed by atoms with Crippen LogP contribution < -0.4 is 5.73 Å². The fourth-order valence-electron chi connectivity index (χ4n) is 4.37. The van der Waals surface area contributed by atoms with Crippen molar-refractivity contribution < 1.29 is 13.2 Å². The number of piperazine rings is 1. The SMILES string of the molecule is Cl.NCc1ccc2ccc(C(=O)N3CCN(S(=O)(=O)c4ccc5cc(Cl)ccc5c4)CC3)cc2c1. The van der Waals surface area contributed by atoms with E-state index in [1.54, 1.807) is 35.2 Å². The molecule has 5 rings (SSSR count). The van der Waals surface area contributed by atoms with Gasteiger partial charge in [0.1, 0.15) is 0 Å². The van der Waals surface area contributed by atoms with Crippen LogP contribution in [0.25, 0.3) is 21.5 Å². The topological polar surface area (TPSA) is 83.7 Å². The zero-order valence-electron chi connectivity index (χ0n) is 18.9. The zero-order chi connectivity index (χ0) is 23.9. The first-order valence-corrected chi connectivity index (χ1v) is 12.9. The molecule has 0 bridgehead atoms. The second-order valence-electron chi connectivity index (χ2n) is 8.45. The van der Waals surface area contributed by atoms with Gasteiger partial charge in [-0.25, -0.2) is 8.42 Å². The number of carbonyl (C=O) groups is 1. The maximum Gasteiger partial charge on any atom is 0.253 e. The normalized spacial score (nSPS) is 14.7. The summed E-state index contributed by atoms with van der Waals surface area (Å²) >= 11 is 6.03. The predicted molar refractivity (Wildman–Crippen MR) is 143 cm³/mol. The standard InChI is InChI=1S/C26H24ClN3O3S.ClH/c27-24-7-5-21-16-25(8-6-20(21)15-24)34(32,33)30-11-9-29(10-12-30)26(31)22-4-3-19-2-1-18(17-28)13-23(19)14-22;/h1-8,13-16H,9-12,17,28H2;1H. The predicted octanol–water partition coefficient (Wildman–Crippen LogP) is 4.67. The van der Waals surface area contributed by atoms with E-state index in [0.717, 1.165) is 27.1 Å². The van der Waals surface area contributed by atoms with E-state index in [0.29, 0.717) is 30.2 Å². The molecule has 1 heterocycles. The van der Waals surface area contributed by atoms with Crippen molar-refractivity contribution in [2.24, 2.45) is 5.73 Å². The van der Waals surface area contributed by atoms with Crippen LogP contribution in [-0.2, 0) is 16.6 Å². The molecular formula is C26H25Cl2N3O3S. The van der Waals surface area contributed by atoms with Gasteiger partial charge in [-0.15, -0.1) is 12.4 Å². The summed E-state index contributed by atoms with van der Waals surface area (Å²) in [4.78, 5) is 15.1. The molecule has 0 saturated carbocycles. The molecule has 2 N–H and O–H groups in total. The van der Waals surface area contributed by atoms with Crippen molar-refractivity contribution in [3.05, 3.63) is 88.9 Å². The minimum absolute atomic E-state index is 0. The van der Waals surface area contributed by atoms with Crippen molar-refractivity contribution in [3.63, 3.8) is 0 Å². The summed E-state index contributed by atoms with van der Waals surface area (Å²) in [6.07, 6.45) is 0. The van der Waals surface area contributed by atoms with E-state index in [-0.39, 0.29) is 36.3 Å². The molecule has 1 aliphatic heterocycles. The van der Waals surface area contributed by atoms with Gasteiger partial charge in [-0.2, -0.15) is 4.31 Å². The minimum atomic E-state index is -3.66. The van der Waals surface area contributed by atoms with Gasteiger partial charge in [-0.1, -0.05) is 41.9 Å². The summed E-state index contributed by atoms with van der Waals surface area (Å²) in [7, 11) is -3.66. The van der Waals surface area contributed by atoms with Crippen molar-refractivity contribution in [1.82, 2.24) is 9.21 Å². The maximum atomic E-state index is 13.2. The molecule has 6 nitrogen and oxygen atoms in total. The lowest BCUT2D eigenvalue weighted by molar-refractivity contribution is 0.0698. The van der Waals surface area contributed by atoms with Gasteiger partial charge in [-0.05, 0) is 69.6 Å². The zero-order valence-corrected chi connectivity index (χ0v) is 21.2. The largest absolute Gasteiger partial charge is 0.336 e. The highest BCUT2D eigenvalue weighted by Crippen LogP contribution is 2.26. The first-order chi connectivity index (χ1) is 16.3. The number of sulfonamides is 1. The lowest BCUT2D eigenvalue weighted by Crippen LogP contribution is -2.50. The van der Waals surface area contributed by atoms with Crippen molar-refractivity contribution in [3.8, 4) is 0 Å². The van der Waals surface area contributed by atoms with Crippen molar-refractivity contribution in [2.45, 2.75) is 11.4 Å². The lowest BCUT2D eigenvalue weighted by atomic mass is 10.0. The number of benzene rings is 4. The van der Waals surface area contributed by atoms with Gasteiger partial charge in [-0.3, -0.25) is 4.79 Å². The molecule has 0 atom stereocenters. The first-order valence-electron chi connectivity index (χ1n) is 11.1. The summed E-state index contributed by atoms with van der Waals surface area (Å²) < 4.78 is 27.9. The van der Waals surface area contributed by atoms with E-state index in [2.05, 4.69) is 0 Å². The molecule has 0 aromatic heterocycles. The third-order valence-corrected chi connectivity index (χ3v) is 8.45. The van der Waals surface area contributed by atoms with E-state index < -0.39 is 10.0 Å². The van der Waals surface area contributed by atoms with Crippen LogP contribution in [0.3, 0.4) is 0 Å². The van der Waals surface area contributed by atoms with Gasteiger partial charge in [0.05, 0.1) is 4.90 Å². The number of carbonyl (C=O) groups excluding carboxylic acids is 1. The van der Waals surface area contributed by atoms with Gasteiger partial charge in [0.25, 0.3) is 5.91 Å². The van der Waals surface area contributed by atoms with Crippen LogP contribution in [0.5, 0.6) is 0 Å². The molecule has 1 saturated heterocycles. The highest BCUT2D eigenvalue weighted by atomic mass is 35.5. The van der Waals surface area contributed by atoms with Crippen molar-refractivity contribution >= 4 is 61.5 Å². The lowest BCUT2D eigenvalue weighted by Gasteiger charge is -2.34. The Labute approximate surface area is 215 Å². The Kier molecular flexibility index (Phi) is 7.35. The van der Waals surface area contributed by atoms with E-state index in [9.17, 15) is 13.2 Å². The number of amides is 1. The van der Waals surface area contributed by atoms with Crippen LogP contribution >= 0.6 is 24.0 Å². The molecule has 1 amide bonds. The fraction of sp³-hybridized carbons (Fsp3) is 0.192. The highest BCUT2D eigenvalue weighted by molar-refractivity contribution is 7.89. The second-order valence-corrected chi connectivity index (χ2v) is 10.8. The Bertz CT molecular complexity index is 1520. The van der Waals surface area contributed by atoms with Crippen LogP contribution in [0.2, 0.25) is 5.02 Å². The number of halogens is 2. The number of fused-ring (bicyclic) bond motifs is 2. The molecule has 4 aromatic carbocycles. The maximum absolute atomic E-state index is 13.2. The van der Waals surface area contributed by atoms with Crippen LogP contribution in [0.1, 0.15) is 15.9 Å². The molecule has 182 valence electrons. The average Bonchev–Trinajstić information content (AvgIpc) is 2.87. The van der Waals surface area contributed by atoms with Gasteiger partial charge in [0, 0.05) is 43.3 Å². The van der Waals surface area contributed by atoms with Gasteiger partial charge >= 0.3 is 0 Å². The monoisotopic (exact) mass is 529 g/mol. The van der Waals surface area contributed by atoms with Gasteiger partial charge < -0.3 is 10.6 Å². The molecule has 0 unspecified atom stereocenters. The number of hydrogen-bond acceptors (Lipinski definition) is 4. The van der Waals surface area contributed by atoms with Gasteiger partial charge in [0.15, 0.2) is 0 Å². The van der Waals surface area contributed by atoms with E-state index in [1.165, 1.54) is 4.31 Å². The molecular weight excluding hydrogens is 505 g/mol. The summed E-state index contributed by atoms with van der Waals surface area (Å²) in [6, 6.07) is 22.0. The average molecular weight is 530 g/mol. The van der Waals surface area contributed by atoms with Crippen molar-refractivity contribution in [1.29, 1.82) is 0 Å². The molecule has 1 aliphatic rings. The Morgan fingerprint density at radius 1 is 0.800 bits per heavy atom. The smallest absolute Gasteiger partial charge is 0.253 e. The quantitative estimate of drug-likeness (QED) is 0.416. The number of hydrogen-bond donors (Lipinski definition) is 1. The number of nitrogens with two attached hydrogens (primary N) is 1. The Balaban J connectivity index is 0.00000289. The number of rotatable bonds is 4. The molecule has 35 heavy (non-hydrogen) atoms. The minimum Gasteiger partial charge on any atom is -0.336 e. The Morgan fingerprint density at radius 3 is 2.20 bits per heavy atom. The molecule has 4 aromatic rings. The Hall–Kier alpha value is -2.68. The van der Waals surface area contributed by atoms with E-state index in [1.807, 2.05) is 42.5 Å². The second kappa shape index (κ2) is 10.1.